The van der Waals surface area contributed by atoms with Crippen LogP contribution in [-0.2, 0) is 4.43 Å². The first-order valence-corrected chi connectivity index (χ1v) is 11.2. The van der Waals surface area contributed by atoms with Gasteiger partial charge in [-0.05, 0) is 24.6 Å². The molecule has 1 N–H and O–H groups in total. The normalized spacial score (nSPS) is 14.3. The van der Waals surface area contributed by atoms with Crippen LogP contribution in [0.4, 0.5) is 4.39 Å². The summed E-state index contributed by atoms with van der Waals surface area (Å²) in [7, 11) is -1.95. The van der Waals surface area contributed by atoms with E-state index in [9.17, 15) is 9.50 Å². The van der Waals surface area contributed by atoms with E-state index in [1.807, 2.05) is 0 Å². The summed E-state index contributed by atoms with van der Waals surface area (Å²) in [6.07, 6.45) is 1.09. The van der Waals surface area contributed by atoms with Crippen molar-refractivity contribution in [1.82, 2.24) is 19.5 Å². The molecule has 0 amide bonds. The molecule has 0 aliphatic carbocycles. The highest BCUT2D eigenvalue weighted by molar-refractivity contribution is 6.74. The van der Waals surface area contributed by atoms with Crippen LogP contribution >= 0.6 is 11.6 Å². The Kier molecular flexibility index (Phi) is 5.63. The Balaban J connectivity index is 2.32. The van der Waals surface area contributed by atoms with E-state index in [0.29, 0.717) is 24.2 Å². The monoisotopic (exact) mass is 374 g/mol. The van der Waals surface area contributed by atoms with Gasteiger partial charge in [0.15, 0.2) is 19.1 Å². The molecule has 2 aromatic heterocycles. The van der Waals surface area contributed by atoms with Crippen LogP contribution in [0.5, 0.6) is 0 Å². The Labute approximate surface area is 147 Å². The fourth-order valence-corrected chi connectivity index (χ4v) is 3.34. The SMILES string of the molecule is CC(C)(C)[Si](C)(C)OCC(CCO)n1cnc2c(Cl)nc(F)nc21. The zero-order valence-corrected chi connectivity index (χ0v) is 16.4. The van der Waals surface area contributed by atoms with Crippen LogP contribution in [0.1, 0.15) is 33.2 Å². The number of imidazole rings is 1. The maximum absolute atomic E-state index is 13.5. The van der Waals surface area contributed by atoms with Crippen LogP contribution in [0.25, 0.3) is 11.2 Å². The summed E-state index contributed by atoms with van der Waals surface area (Å²) in [5.41, 5.74) is 0.651. The zero-order valence-electron chi connectivity index (χ0n) is 14.7. The van der Waals surface area contributed by atoms with E-state index < -0.39 is 14.4 Å². The Morgan fingerprint density at radius 1 is 1.38 bits per heavy atom. The van der Waals surface area contributed by atoms with Gasteiger partial charge in [0, 0.05) is 6.61 Å². The molecule has 0 bridgehead atoms. The van der Waals surface area contributed by atoms with Gasteiger partial charge in [-0.25, -0.2) is 4.98 Å². The van der Waals surface area contributed by atoms with Crippen molar-refractivity contribution >= 4 is 31.1 Å². The summed E-state index contributed by atoms with van der Waals surface area (Å²) < 4.78 is 21.5. The molecule has 2 aromatic rings. The van der Waals surface area contributed by atoms with Crippen LogP contribution < -0.4 is 0 Å². The quantitative estimate of drug-likeness (QED) is 0.475. The van der Waals surface area contributed by atoms with E-state index in [1.54, 1.807) is 10.9 Å². The first-order chi connectivity index (χ1) is 11.1. The van der Waals surface area contributed by atoms with E-state index in [-0.39, 0.29) is 22.8 Å². The highest BCUT2D eigenvalue weighted by atomic mass is 35.5. The third-order valence-corrected chi connectivity index (χ3v) is 9.41. The summed E-state index contributed by atoms with van der Waals surface area (Å²) in [5, 5.41) is 9.45. The fraction of sp³-hybridized carbons (Fsp3) is 0.667. The third-order valence-electron chi connectivity index (χ3n) is 4.65. The number of aliphatic hydroxyl groups is 1. The molecule has 2 rings (SSSR count). The standard InChI is InChI=1S/C15H24ClFN4O2Si/c1-15(2,3)24(4,5)23-8-10(6-7-22)21-9-18-11-12(16)19-14(17)20-13(11)21/h9-10,22H,6-8H2,1-5H3. The van der Waals surface area contributed by atoms with Crippen molar-refractivity contribution in [3.63, 3.8) is 0 Å². The van der Waals surface area contributed by atoms with E-state index in [1.165, 1.54) is 0 Å². The van der Waals surface area contributed by atoms with Gasteiger partial charge >= 0.3 is 6.08 Å². The molecule has 6 nitrogen and oxygen atoms in total. The molecule has 0 fully saturated rings. The summed E-state index contributed by atoms with van der Waals surface area (Å²) >= 11 is 5.93. The molecule has 2 heterocycles. The summed E-state index contributed by atoms with van der Waals surface area (Å²) in [6, 6.07) is -0.209. The number of halogens is 2. The number of nitrogens with zero attached hydrogens (tertiary/aromatic N) is 4. The third kappa shape index (κ3) is 3.93. The minimum atomic E-state index is -1.95. The van der Waals surface area contributed by atoms with Crippen molar-refractivity contribution in [2.75, 3.05) is 13.2 Å². The number of rotatable bonds is 6. The minimum absolute atomic E-state index is 0.0213. The van der Waals surface area contributed by atoms with Gasteiger partial charge < -0.3 is 14.1 Å². The molecular weight excluding hydrogens is 351 g/mol. The fourth-order valence-electron chi connectivity index (χ4n) is 2.10. The van der Waals surface area contributed by atoms with E-state index in [2.05, 4.69) is 48.8 Å². The van der Waals surface area contributed by atoms with Gasteiger partial charge in [0.2, 0.25) is 0 Å². The predicted molar refractivity (Wildman–Crippen MR) is 94.2 cm³/mol. The van der Waals surface area contributed by atoms with Gasteiger partial charge in [-0.1, -0.05) is 32.4 Å². The van der Waals surface area contributed by atoms with Crippen molar-refractivity contribution in [3.8, 4) is 0 Å². The summed E-state index contributed by atoms with van der Waals surface area (Å²) in [5.74, 6) is 0. The van der Waals surface area contributed by atoms with Crippen molar-refractivity contribution < 1.29 is 13.9 Å². The van der Waals surface area contributed by atoms with Gasteiger partial charge in [0.05, 0.1) is 19.0 Å². The van der Waals surface area contributed by atoms with Gasteiger partial charge in [-0.3, -0.25) is 0 Å². The zero-order chi connectivity index (χ0) is 18.1. The van der Waals surface area contributed by atoms with E-state index in [0.717, 1.165) is 0 Å². The maximum atomic E-state index is 13.5. The largest absolute Gasteiger partial charge is 0.415 e. The highest BCUT2D eigenvalue weighted by Crippen LogP contribution is 2.37. The highest BCUT2D eigenvalue weighted by Gasteiger charge is 2.37. The van der Waals surface area contributed by atoms with Crippen LogP contribution in [0.15, 0.2) is 6.33 Å². The lowest BCUT2D eigenvalue weighted by atomic mass is 10.2. The second kappa shape index (κ2) is 7.03. The molecule has 0 aliphatic heterocycles. The lowest BCUT2D eigenvalue weighted by molar-refractivity contribution is 0.190. The predicted octanol–water partition coefficient (Wildman–Crippen LogP) is 3.56. The smallest absolute Gasteiger partial charge is 0.312 e. The van der Waals surface area contributed by atoms with Gasteiger partial charge in [0.25, 0.3) is 0 Å². The Morgan fingerprint density at radius 2 is 2.04 bits per heavy atom. The molecule has 24 heavy (non-hydrogen) atoms. The van der Waals surface area contributed by atoms with Crippen molar-refractivity contribution in [3.05, 3.63) is 17.6 Å². The second-order valence-corrected chi connectivity index (χ2v) is 12.5. The molecule has 0 aliphatic rings. The van der Waals surface area contributed by atoms with Crippen LogP contribution in [-0.4, -0.2) is 46.2 Å². The Hall–Kier alpha value is -1.09. The van der Waals surface area contributed by atoms with Crippen LogP contribution in [0, 0.1) is 6.08 Å². The maximum Gasteiger partial charge on any atom is 0.312 e. The molecule has 1 atom stereocenters. The van der Waals surface area contributed by atoms with Gasteiger partial charge in [0.1, 0.15) is 5.52 Å². The average molecular weight is 375 g/mol. The number of aliphatic hydroxyl groups excluding tert-OH is 1. The topological polar surface area (TPSA) is 73.1 Å². The number of aromatic nitrogens is 4. The van der Waals surface area contributed by atoms with Crippen molar-refractivity contribution in [2.45, 2.75) is 51.4 Å². The molecule has 0 spiro atoms. The second-order valence-electron chi connectivity index (χ2n) is 7.34. The first-order valence-electron chi connectivity index (χ1n) is 7.87. The van der Waals surface area contributed by atoms with E-state index in [4.69, 9.17) is 16.0 Å². The average Bonchev–Trinajstić information content (AvgIpc) is 2.86. The molecule has 9 heteroatoms. The Bertz CT molecular complexity index is 717. The molecule has 0 saturated carbocycles. The molecule has 0 radical (unpaired) electrons. The first kappa shape index (κ1) is 19.2. The van der Waals surface area contributed by atoms with Crippen molar-refractivity contribution in [1.29, 1.82) is 0 Å². The van der Waals surface area contributed by atoms with E-state index >= 15 is 0 Å². The summed E-state index contributed by atoms with van der Waals surface area (Å²) in [4.78, 5) is 11.5. The van der Waals surface area contributed by atoms with Crippen LogP contribution in [0.3, 0.4) is 0 Å². The molecular formula is C15H24ClFN4O2Si. The van der Waals surface area contributed by atoms with Gasteiger partial charge in [-0.15, -0.1) is 0 Å². The molecule has 0 aromatic carbocycles. The van der Waals surface area contributed by atoms with Gasteiger partial charge in [-0.2, -0.15) is 14.4 Å². The molecule has 134 valence electrons. The Morgan fingerprint density at radius 3 is 2.62 bits per heavy atom. The number of hydrogen-bond donors (Lipinski definition) is 1. The summed E-state index contributed by atoms with van der Waals surface area (Å²) in [6.45, 7) is 11.2. The van der Waals surface area contributed by atoms with Crippen molar-refractivity contribution in [2.24, 2.45) is 0 Å². The van der Waals surface area contributed by atoms with Crippen LogP contribution in [0.2, 0.25) is 23.3 Å². The lowest BCUT2D eigenvalue weighted by Crippen LogP contribution is -2.42. The number of hydrogen-bond acceptors (Lipinski definition) is 5. The molecule has 0 saturated heterocycles. The lowest BCUT2D eigenvalue weighted by Gasteiger charge is -2.37. The minimum Gasteiger partial charge on any atom is -0.415 e. The number of fused-ring (bicyclic) bond motifs is 1. The molecule has 1 unspecified atom stereocenters.